The zero-order valence-electron chi connectivity index (χ0n) is 14.2. The normalized spacial score (nSPS) is 14.4. The average Bonchev–Trinajstić information content (AvgIpc) is 2.96. The Balaban J connectivity index is 1.76. The number of nitrogens with one attached hydrogen (secondary N) is 1. The van der Waals surface area contributed by atoms with E-state index < -0.39 is 0 Å². The Kier molecular flexibility index (Phi) is 4.83. The number of aryl methyl sites for hydroxylation is 1. The lowest BCUT2D eigenvalue weighted by Gasteiger charge is -2.34. The number of aromatic nitrogens is 1. The number of carbonyl (C=O) groups is 1. The molecular formula is C18H22ClN3OS. The minimum absolute atomic E-state index is 0.184. The van der Waals surface area contributed by atoms with Crippen LogP contribution in [0.1, 0.15) is 37.6 Å². The number of fused-ring (bicyclic) bond motifs is 1. The van der Waals surface area contributed by atoms with E-state index in [9.17, 15) is 4.79 Å². The maximum Gasteiger partial charge on any atom is 0.232 e. The number of rotatable bonds is 3. The molecule has 4 nitrogen and oxygen atoms in total. The fraction of sp³-hybridized carbons (Fsp3) is 0.444. The summed E-state index contributed by atoms with van der Waals surface area (Å²) in [7, 11) is 0. The number of nitrogens with zero attached hydrogens (tertiary/aromatic N) is 2. The smallest absolute Gasteiger partial charge is 0.232 e. The van der Waals surface area contributed by atoms with E-state index in [1.807, 2.05) is 31.7 Å². The Morgan fingerprint density at radius 3 is 2.88 bits per heavy atom. The van der Waals surface area contributed by atoms with Crippen LogP contribution in [0.2, 0.25) is 4.47 Å². The van der Waals surface area contributed by atoms with Crippen molar-refractivity contribution in [2.24, 2.45) is 5.41 Å². The van der Waals surface area contributed by atoms with E-state index in [4.69, 9.17) is 11.6 Å². The Morgan fingerprint density at radius 1 is 1.42 bits per heavy atom. The van der Waals surface area contributed by atoms with Gasteiger partial charge in [-0.3, -0.25) is 4.79 Å². The zero-order valence-corrected chi connectivity index (χ0v) is 15.8. The molecule has 0 saturated heterocycles. The van der Waals surface area contributed by atoms with Crippen LogP contribution in [0.15, 0.2) is 24.4 Å². The van der Waals surface area contributed by atoms with Gasteiger partial charge in [-0.05, 0) is 36.6 Å². The van der Waals surface area contributed by atoms with Crippen LogP contribution in [0, 0.1) is 5.41 Å². The van der Waals surface area contributed by atoms with Gasteiger partial charge in [0.25, 0.3) is 0 Å². The first kappa shape index (κ1) is 17.2. The van der Waals surface area contributed by atoms with Gasteiger partial charge in [-0.25, -0.2) is 4.98 Å². The van der Waals surface area contributed by atoms with Gasteiger partial charge in [-0.1, -0.05) is 32.4 Å². The number of hydrogen-bond acceptors (Lipinski definition) is 4. The third-order valence-electron chi connectivity index (χ3n) is 4.08. The molecule has 1 amide bonds. The molecule has 0 saturated carbocycles. The molecule has 3 rings (SSSR count). The molecule has 24 heavy (non-hydrogen) atoms. The highest BCUT2D eigenvalue weighted by atomic mass is 35.5. The summed E-state index contributed by atoms with van der Waals surface area (Å²) >= 11 is 7.34. The van der Waals surface area contributed by atoms with Gasteiger partial charge in [0.15, 0.2) is 4.47 Å². The molecule has 0 atom stereocenters. The van der Waals surface area contributed by atoms with Gasteiger partial charge in [0.05, 0.1) is 6.54 Å². The number of hydrogen-bond donors (Lipinski definition) is 1. The van der Waals surface area contributed by atoms with Crippen molar-refractivity contribution in [2.75, 3.05) is 16.8 Å². The average molecular weight is 364 g/mol. The number of amides is 1. The Labute approximate surface area is 151 Å². The molecule has 1 aliphatic rings. The van der Waals surface area contributed by atoms with Gasteiger partial charge >= 0.3 is 0 Å². The lowest BCUT2D eigenvalue weighted by Crippen LogP contribution is -2.42. The fourth-order valence-electron chi connectivity index (χ4n) is 2.88. The number of anilines is 2. The van der Waals surface area contributed by atoms with Crippen LogP contribution < -0.4 is 10.2 Å². The summed E-state index contributed by atoms with van der Waals surface area (Å²) in [5.41, 5.74) is 2.97. The molecule has 128 valence electrons. The van der Waals surface area contributed by atoms with Crippen LogP contribution in [0.5, 0.6) is 0 Å². The van der Waals surface area contributed by atoms with Crippen LogP contribution in [0.4, 0.5) is 11.4 Å². The fourth-order valence-corrected chi connectivity index (χ4v) is 3.80. The lowest BCUT2D eigenvalue weighted by atomic mass is 9.92. The molecule has 6 heteroatoms. The monoisotopic (exact) mass is 363 g/mol. The Morgan fingerprint density at radius 2 is 2.21 bits per heavy atom. The second-order valence-corrected chi connectivity index (χ2v) is 8.78. The van der Waals surface area contributed by atoms with Crippen molar-refractivity contribution in [1.82, 2.24) is 4.98 Å². The molecule has 1 N–H and O–H groups in total. The van der Waals surface area contributed by atoms with Crippen molar-refractivity contribution >= 4 is 40.2 Å². The van der Waals surface area contributed by atoms with E-state index in [0.717, 1.165) is 35.6 Å². The van der Waals surface area contributed by atoms with E-state index in [2.05, 4.69) is 22.4 Å². The minimum atomic E-state index is -0.364. The van der Waals surface area contributed by atoms with Gasteiger partial charge < -0.3 is 10.2 Å². The summed E-state index contributed by atoms with van der Waals surface area (Å²) in [5, 5.41) is 3.41. The van der Waals surface area contributed by atoms with Crippen LogP contribution in [-0.2, 0) is 17.8 Å². The summed E-state index contributed by atoms with van der Waals surface area (Å²) in [6, 6.07) is 6.25. The van der Waals surface area contributed by atoms with Gasteiger partial charge in [-0.2, -0.15) is 0 Å². The van der Waals surface area contributed by atoms with Gasteiger partial charge in [-0.15, -0.1) is 11.3 Å². The third-order valence-corrected chi connectivity index (χ3v) is 5.19. The minimum Gasteiger partial charge on any atom is -0.380 e. The van der Waals surface area contributed by atoms with E-state index >= 15 is 0 Å². The molecule has 1 aromatic heterocycles. The van der Waals surface area contributed by atoms with Crippen LogP contribution >= 0.6 is 22.9 Å². The molecule has 2 aromatic rings. The molecule has 0 radical (unpaired) electrons. The van der Waals surface area contributed by atoms with Crippen LogP contribution in [0.3, 0.4) is 0 Å². The first-order valence-electron chi connectivity index (χ1n) is 8.13. The molecular weight excluding hydrogens is 342 g/mol. The first-order chi connectivity index (χ1) is 11.3. The predicted molar refractivity (Wildman–Crippen MR) is 101 cm³/mol. The topological polar surface area (TPSA) is 45.2 Å². The zero-order chi connectivity index (χ0) is 17.3. The summed E-state index contributed by atoms with van der Waals surface area (Å²) in [5.74, 6) is 0.184. The molecule has 0 aliphatic carbocycles. The van der Waals surface area contributed by atoms with Gasteiger partial charge in [0.2, 0.25) is 5.91 Å². The van der Waals surface area contributed by atoms with Crippen molar-refractivity contribution in [2.45, 2.75) is 40.2 Å². The van der Waals surface area contributed by atoms with E-state index in [1.54, 1.807) is 6.20 Å². The molecule has 0 unspecified atom stereocenters. The van der Waals surface area contributed by atoms with Crippen LogP contribution in [-0.4, -0.2) is 17.4 Å². The summed E-state index contributed by atoms with van der Waals surface area (Å²) < 4.78 is 0.563. The van der Waals surface area contributed by atoms with Crippen LogP contribution in [0.25, 0.3) is 0 Å². The Bertz CT molecular complexity index is 751. The van der Waals surface area contributed by atoms with Crippen molar-refractivity contribution in [3.05, 3.63) is 39.3 Å². The highest BCUT2D eigenvalue weighted by Crippen LogP contribution is 2.33. The highest BCUT2D eigenvalue weighted by molar-refractivity contribution is 7.15. The first-order valence-corrected chi connectivity index (χ1v) is 9.33. The summed E-state index contributed by atoms with van der Waals surface area (Å²) in [4.78, 5) is 19.8. The van der Waals surface area contributed by atoms with Gasteiger partial charge in [0.1, 0.15) is 0 Å². The number of benzene rings is 1. The SMILES string of the molecule is CC(C)(C)C(=O)N1CCCc2cc(NCc3cnc(Cl)s3)ccc21. The quantitative estimate of drug-likeness (QED) is 0.857. The van der Waals surface area contributed by atoms with E-state index in [0.29, 0.717) is 11.0 Å². The van der Waals surface area contributed by atoms with Gasteiger partial charge in [0, 0.05) is 34.4 Å². The van der Waals surface area contributed by atoms with E-state index in [1.165, 1.54) is 16.9 Å². The lowest BCUT2D eigenvalue weighted by molar-refractivity contribution is -0.125. The molecule has 0 bridgehead atoms. The highest BCUT2D eigenvalue weighted by Gasteiger charge is 2.30. The molecule has 0 fully saturated rings. The van der Waals surface area contributed by atoms with Crippen molar-refractivity contribution in [1.29, 1.82) is 0 Å². The van der Waals surface area contributed by atoms with E-state index in [-0.39, 0.29) is 11.3 Å². The molecule has 1 aromatic carbocycles. The van der Waals surface area contributed by atoms with Crippen molar-refractivity contribution < 1.29 is 4.79 Å². The molecule has 1 aliphatic heterocycles. The standard InChI is InChI=1S/C18H22ClN3OS/c1-18(2,3)16(23)22-8-4-5-12-9-13(6-7-15(12)22)20-10-14-11-21-17(19)24-14/h6-7,9,11,20H,4-5,8,10H2,1-3H3. The van der Waals surface area contributed by atoms with Crippen molar-refractivity contribution in [3.63, 3.8) is 0 Å². The molecule has 0 spiro atoms. The second-order valence-electron chi connectivity index (χ2n) is 7.09. The largest absolute Gasteiger partial charge is 0.380 e. The summed E-state index contributed by atoms with van der Waals surface area (Å²) in [6.45, 7) is 7.42. The number of halogens is 1. The maximum absolute atomic E-state index is 12.7. The number of carbonyl (C=O) groups excluding carboxylic acids is 1. The predicted octanol–water partition coefficient (Wildman–Crippen LogP) is 4.73. The third kappa shape index (κ3) is 3.73. The molecule has 2 heterocycles. The van der Waals surface area contributed by atoms with Crippen molar-refractivity contribution in [3.8, 4) is 0 Å². The second kappa shape index (κ2) is 6.73. The maximum atomic E-state index is 12.7. The summed E-state index contributed by atoms with van der Waals surface area (Å²) in [6.07, 6.45) is 3.80. The Hall–Kier alpha value is -1.59. The number of thiazole rings is 1.